The Hall–Kier alpha value is -1.39. The first kappa shape index (κ1) is 13.1. The lowest BCUT2D eigenvalue weighted by Gasteiger charge is -2.25. The molecule has 1 aromatic carbocycles. The number of hydrogen-bond donors (Lipinski definition) is 2. The summed E-state index contributed by atoms with van der Waals surface area (Å²) in [6, 6.07) is 7.69. The summed E-state index contributed by atoms with van der Waals surface area (Å²) in [7, 11) is 0. The van der Waals surface area contributed by atoms with E-state index in [2.05, 4.69) is 10.2 Å². The number of carbonyl (C=O) groups excluding carboxylic acids is 1. The molecule has 4 nitrogen and oxygen atoms in total. The van der Waals surface area contributed by atoms with Crippen molar-refractivity contribution in [3.05, 3.63) is 29.8 Å². The van der Waals surface area contributed by atoms with Crippen LogP contribution in [0.4, 0.5) is 5.69 Å². The van der Waals surface area contributed by atoms with Gasteiger partial charge in [0.1, 0.15) is 0 Å². The highest BCUT2D eigenvalue weighted by atomic mass is 16.2. The van der Waals surface area contributed by atoms with E-state index in [4.69, 9.17) is 5.73 Å². The fourth-order valence-electron chi connectivity index (χ4n) is 2.30. The van der Waals surface area contributed by atoms with Crippen molar-refractivity contribution in [3.63, 3.8) is 0 Å². The molecule has 0 radical (unpaired) electrons. The topological polar surface area (TPSA) is 58.4 Å². The first-order chi connectivity index (χ1) is 8.78. The number of nitrogens with two attached hydrogens (primary N) is 1. The number of nitrogens with zero attached hydrogens (tertiary/aromatic N) is 1. The van der Waals surface area contributed by atoms with E-state index in [-0.39, 0.29) is 5.91 Å². The summed E-state index contributed by atoms with van der Waals surface area (Å²) in [5, 5.41) is 2.93. The Labute approximate surface area is 108 Å². The van der Waals surface area contributed by atoms with Crippen LogP contribution >= 0.6 is 0 Å². The molecule has 0 aromatic heterocycles. The molecule has 0 spiro atoms. The monoisotopic (exact) mass is 247 g/mol. The van der Waals surface area contributed by atoms with Crippen LogP contribution in [0.15, 0.2) is 24.3 Å². The van der Waals surface area contributed by atoms with Crippen LogP contribution in [-0.2, 0) is 11.3 Å². The summed E-state index contributed by atoms with van der Waals surface area (Å²) in [5.74, 6) is 0.0612. The molecule has 1 aromatic rings. The summed E-state index contributed by atoms with van der Waals surface area (Å²) in [6.07, 6.45) is 3.70. The molecule has 1 aliphatic heterocycles. The molecule has 0 bridgehead atoms. The highest BCUT2D eigenvalue weighted by Crippen LogP contribution is 2.11. The predicted octanol–water partition coefficient (Wildman–Crippen LogP) is 1.57. The Balaban J connectivity index is 1.85. The average Bonchev–Trinajstić information content (AvgIpc) is 2.40. The minimum atomic E-state index is 0.0612. The number of piperidine rings is 1. The fourth-order valence-corrected chi connectivity index (χ4v) is 2.30. The van der Waals surface area contributed by atoms with E-state index in [0.717, 1.165) is 24.3 Å². The fraction of sp³-hybridized carbons (Fsp3) is 0.500. The normalized spacial score (nSPS) is 16.5. The maximum atomic E-state index is 11.9. The minimum Gasteiger partial charge on any atom is -0.326 e. The maximum absolute atomic E-state index is 11.9. The standard InChI is InChI=1S/C14H21N3O/c15-10-12-5-4-6-13(9-12)16-14(18)11-17-7-2-1-3-8-17/h4-6,9H,1-3,7-8,10-11,15H2,(H,16,18). The van der Waals surface area contributed by atoms with Crippen LogP contribution in [0.2, 0.25) is 0 Å². The SMILES string of the molecule is NCc1cccc(NC(=O)CN2CCCCC2)c1. The molecule has 4 heteroatoms. The van der Waals surface area contributed by atoms with Crippen molar-refractivity contribution < 1.29 is 4.79 Å². The second kappa shape index (κ2) is 6.52. The Morgan fingerprint density at radius 3 is 2.78 bits per heavy atom. The van der Waals surface area contributed by atoms with Crippen molar-refractivity contribution >= 4 is 11.6 Å². The largest absolute Gasteiger partial charge is 0.326 e. The molecule has 18 heavy (non-hydrogen) atoms. The zero-order valence-electron chi connectivity index (χ0n) is 10.7. The van der Waals surface area contributed by atoms with Crippen molar-refractivity contribution in [1.29, 1.82) is 0 Å². The van der Waals surface area contributed by atoms with Crippen LogP contribution in [0.25, 0.3) is 0 Å². The third kappa shape index (κ3) is 3.82. The predicted molar refractivity (Wildman–Crippen MR) is 73.3 cm³/mol. The quantitative estimate of drug-likeness (QED) is 0.849. The first-order valence-electron chi connectivity index (χ1n) is 6.59. The summed E-state index contributed by atoms with van der Waals surface area (Å²) >= 11 is 0. The number of nitrogens with one attached hydrogen (secondary N) is 1. The Morgan fingerprint density at radius 2 is 2.06 bits per heavy atom. The van der Waals surface area contributed by atoms with Crippen molar-refractivity contribution in [1.82, 2.24) is 4.90 Å². The van der Waals surface area contributed by atoms with E-state index in [1.807, 2.05) is 24.3 Å². The van der Waals surface area contributed by atoms with E-state index < -0.39 is 0 Å². The van der Waals surface area contributed by atoms with E-state index in [0.29, 0.717) is 13.1 Å². The molecule has 0 aliphatic carbocycles. The van der Waals surface area contributed by atoms with Gasteiger partial charge < -0.3 is 11.1 Å². The third-order valence-corrected chi connectivity index (χ3v) is 3.26. The van der Waals surface area contributed by atoms with Crippen LogP contribution in [-0.4, -0.2) is 30.4 Å². The molecule has 1 fully saturated rings. The minimum absolute atomic E-state index is 0.0612. The van der Waals surface area contributed by atoms with Gasteiger partial charge in [0.05, 0.1) is 6.54 Å². The molecule has 1 amide bonds. The van der Waals surface area contributed by atoms with Gasteiger partial charge in [-0.15, -0.1) is 0 Å². The van der Waals surface area contributed by atoms with Crippen LogP contribution in [0.3, 0.4) is 0 Å². The lowest BCUT2D eigenvalue weighted by molar-refractivity contribution is -0.117. The van der Waals surface area contributed by atoms with Crippen LogP contribution in [0.5, 0.6) is 0 Å². The zero-order chi connectivity index (χ0) is 12.8. The number of rotatable bonds is 4. The second-order valence-electron chi connectivity index (χ2n) is 4.79. The Kier molecular flexibility index (Phi) is 4.73. The lowest BCUT2D eigenvalue weighted by atomic mass is 10.1. The molecular weight excluding hydrogens is 226 g/mol. The highest BCUT2D eigenvalue weighted by molar-refractivity contribution is 5.92. The van der Waals surface area contributed by atoms with Gasteiger partial charge in [0.2, 0.25) is 5.91 Å². The van der Waals surface area contributed by atoms with Gasteiger partial charge in [-0.25, -0.2) is 0 Å². The van der Waals surface area contributed by atoms with E-state index in [1.54, 1.807) is 0 Å². The summed E-state index contributed by atoms with van der Waals surface area (Å²) < 4.78 is 0. The molecular formula is C14H21N3O. The first-order valence-corrected chi connectivity index (χ1v) is 6.59. The molecule has 1 heterocycles. The number of likely N-dealkylation sites (tertiary alicyclic amines) is 1. The molecule has 98 valence electrons. The van der Waals surface area contributed by atoms with Gasteiger partial charge in [-0.2, -0.15) is 0 Å². The average molecular weight is 247 g/mol. The Morgan fingerprint density at radius 1 is 1.28 bits per heavy atom. The summed E-state index contributed by atoms with van der Waals surface area (Å²) in [5.41, 5.74) is 7.44. The zero-order valence-corrected chi connectivity index (χ0v) is 10.7. The molecule has 3 N–H and O–H groups in total. The lowest BCUT2D eigenvalue weighted by Crippen LogP contribution is -2.36. The van der Waals surface area contributed by atoms with Crippen molar-refractivity contribution in [2.75, 3.05) is 25.0 Å². The van der Waals surface area contributed by atoms with E-state index in [9.17, 15) is 4.79 Å². The maximum Gasteiger partial charge on any atom is 0.238 e. The van der Waals surface area contributed by atoms with Gasteiger partial charge in [0.25, 0.3) is 0 Å². The Bertz CT molecular complexity index is 400. The number of hydrogen-bond acceptors (Lipinski definition) is 3. The molecule has 0 unspecified atom stereocenters. The van der Waals surface area contributed by atoms with Crippen molar-refractivity contribution in [2.24, 2.45) is 5.73 Å². The smallest absolute Gasteiger partial charge is 0.238 e. The van der Waals surface area contributed by atoms with Crippen molar-refractivity contribution in [3.8, 4) is 0 Å². The van der Waals surface area contributed by atoms with Crippen LogP contribution in [0, 0.1) is 0 Å². The highest BCUT2D eigenvalue weighted by Gasteiger charge is 2.13. The number of amides is 1. The third-order valence-electron chi connectivity index (χ3n) is 3.26. The summed E-state index contributed by atoms with van der Waals surface area (Å²) in [6.45, 7) is 3.06. The molecule has 2 rings (SSSR count). The van der Waals surface area contributed by atoms with Gasteiger partial charge in [-0.3, -0.25) is 9.69 Å². The summed E-state index contributed by atoms with van der Waals surface area (Å²) in [4.78, 5) is 14.1. The molecule has 1 aliphatic rings. The molecule has 0 saturated carbocycles. The van der Waals surface area contributed by atoms with E-state index in [1.165, 1.54) is 19.3 Å². The van der Waals surface area contributed by atoms with Crippen LogP contribution in [0.1, 0.15) is 24.8 Å². The van der Waals surface area contributed by atoms with Crippen molar-refractivity contribution in [2.45, 2.75) is 25.8 Å². The van der Waals surface area contributed by atoms with Crippen LogP contribution < -0.4 is 11.1 Å². The van der Waals surface area contributed by atoms with E-state index >= 15 is 0 Å². The van der Waals surface area contributed by atoms with Gasteiger partial charge in [-0.1, -0.05) is 18.6 Å². The number of benzene rings is 1. The number of carbonyl (C=O) groups is 1. The second-order valence-corrected chi connectivity index (χ2v) is 4.79. The molecule has 1 saturated heterocycles. The van der Waals surface area contributed by atoms with Gasteiger partial charge in [0.15, 0.2) is 0 Å². The van der Waals surface area contributed by atoms with Gasteiger partial charge in [0, 0.05) is 12.2 Å². The number of anilines is 1. The van der Waals surface area contributed by atoms with Gasteiger partial charge >= 0.3 is 0 Å². The van der Waals surface area contributed by atoms with Gasteiger partial charge in [-0.05, 0) is 43.6 Å². The molecule has 0 atom stereocenters.